The maximum atomic E-state index is 12.8. The Labute approximate surface area is 76.8 Å². The molecule has 1 N–H and O–H groups in total. The van der Waals surface area contributed by atoms with Crippen molar-refractivity contribution in [1.29, 1.82) is 0 Å². The van der Waals surface area contributed by atoms with E-state index in [0.717, 1.165) is 19.0 Å². The quantitative estimate of drug-likeness (QED) is 0.672. The maximum absolute atomic E-state index is 12.8. The van der Waals surface area contributed by atoms with Gasteiger partial charge in [0, 0.05) is 19.2 Å². The molecule has 0 aromatic heterocycles. The molecule has 0 aromatic carbocycles. The highest BCUT2D eigenvalue weighted by Gasteiger charge is 2.17. The Kier molecular flexibility index (Phi) is 3.89. The molecule has 1 rings (SSSR count). The van der Waals surface area contributed by atoms with Crippen LogP contribution < -0.4 is 0 Å². The summed E-state index contributed by atoms with van der Waals surface area (Å²) < 4.78 is 12.8. The molecule has 4 heteroatoms. The molecule has 1 heterocycles. The summed E-state index contributed by atoms with van der Waals surface area (Å²) in [6.07, 6.45) is 3.41. The lowest BCUT2D eigenvalue weighted by molar-refractivity contribution is -0.131. The number of likely N-dealkylation sites (tertiary alicyclic amines) is 1. The number of carboxylic acids is 1. The highest BCUT2D eigenvalue weighted by molar-refractivity contribution is 5.79. The molecule has 0 spiro atoms. The first-order valence-electron chi connectivity index (χ1n) is 4.44. The SMILES string of the molecule is O=C(O)/C=C/CN1CCC[C@H](F)C1. The first-order valence-corrected chi connectivity index (χ1v) is 4.44. The molecule has 1 atom stereocenters. The van der Waals surface area contributed by atoms with Crippen LogP contribution in [0.25, 0.3) is 0 Å². The molecule has 1 aliphatic heterocycles. The van der Waals surface area contributed by atoms with Crippen molar-refractivity contribution in [2.24, 2.45) is 0 Å². The molecule has 0 bridgehead atoms. The molecule has 0 saturated carbocycles. The zero-order valence-electron chi connectivity index (χ0n) is 7.45. The Morgan fingerprint density at radius 3 is 3.08 bits per heavy atom. The highest BCUT2D eigenvalue weighted by atomic mass is 19.1. The van der Waals surface area contributed by atoms with Gasteiger partial charge in [-0.3, -0.25) is 4.90 Å². The van der Waals surface area contributed by atoms with Crippen molar-refractivity contribution in [1.82, 2.24) is 4.90 Å². The van der Waals surface area contributed by atoms with Gasteiger partial charge in [0.05, 0.1) is 0 Å². The van der Waals surface area contributed by atoms with E-state index in [4.69, 9.17) is 5.11 Å². The van der Waals surface area contributed by atoms with E-state index < -0.39 is 12.1 Å². The molecule has 13 heavy (non-hydrogen) atoms. The Morgan fingerprint density at radius 2 is 2.46 bits per heavy atom. The number of nitrogens with zero attached hydrogens (tertiary/aromatic N) is 1. The number of carboxylic acid groups (broad SMARTS) is 1. The third kappa shape index (κ3) is 4.03. The number of halogens is 1. The van der Waals surface area contributed by atoms with Crippen molar-refractivity contribution < 1.29 is 14.3 Å². The van der Waals surface area contributed by atoms with Gasteiger partial charge in [-0.1, -0.05) is 6.08 Å². The van der Waals surface area contributed by atoms with Crippen LogP contribution in [0.15, 0.2) is 12.2 Å². The van der Waals surface area contributed by atoms with Crippen molar-refractivity contribution in [3.63, 3.8) is 0 Å². The molecule has 0 aliphatic carbocycles. The number of piperidine rings is 1. The zero-order valence-corrected chi connectivity index (χ0v) is 7.45. The van der Waals surface area contributed by atoms with E-state index in [-0.39, 0.29) is 0 Å². The second-order valence-electron chi connectivity index (χ2n) is 3.24. The van der Waals surface area contributed by atoms with Gasteiger partial charge in [0.1, 0.15) is 6.17 Å². The van der Waals surface area contributed by atoms with E-state index in [0.29, 0.717) is 19.5 Å². The summed E-state index contributed by atoms with van der Waals surface area (Å²) in [7, 11) is 0. The van der Waals surface area contributed by atoms with Gasteiger partial charge < -0.3 is 5.11 Å². The fourth-order valence-corrected chi connectivity index (χ4v) is 1.47. The van der Waals surface area contributed by atoms with Gasteiger partial charge in [0.2, 0.25) is 0 Å². The Hall–Kier alpha value is -0.900. The maximum Gasteiger partial charge on any atom is 0.328 e. The first-order chi connectivity index (χ1) is 6.18. The molecule has 0 aromatic rings. The van der Waals surface area contributed by atoms with E-state index in [9.17, 15) is 9.18 Å². The summed E-state index contributed by atoms with van der Waals surface area (Å²) >= 11 is 0. The Morgan fingerprint density at radius 1 is 1.69 bits per heavy atom. The van der Waals surface area contributed by atoms with Crippen molar-refractivity contribution >= 4 is 5.97 Å². The monoisotopic (exact) mass is 187 g/mol. The first kappa shape index (κ1) is 10.2. The van der Waals surface area contributed by atoms with E-state index >= 15 is 0 Å². The van der Waals surface area contributed by atoms with Crippen molar-refractivity contribution in [2.45, 2.75) is 19.0 Å². The molecule has 1 fully saturated rings. The van der Waals surface area contributed by atoms with E-state index in [1.54, 1.807) is 6.08 Å². The van der Waals surface area contributed by atoms with Crippen LogP contribution in [0.5, 0.6) is 0 Å². The summed E-state index contributed by atoms with van der Waals surface area (Å²) in [6.45, 7) is 1.83. The molecule has 1 aliphatic rings. The average Bonchev–Trinajstić information content (AvgIpc) is 2.03. The van der Waals surface area contributed by atoms with Gasteiger partial charge in [-0.05, 0) is 19.4 Å². The summed E-state index contributed by atoms with van der Waals surface area (Å²) in [5.41, 5.74) is 0. The average molecular weight is 187 g/mol. The summed E-state index contributed by atoms with van der Waals surface area (Å²) in [4.78, 5) is 12.1. The largest absolute Gasteiger partial charge is 0.478 e. The minimum atomic E-state index is -0.950. The van der Waals surface area contributed by atoms with Gasteiger partial charge in [0.15, 0.2) is 0 Å². The lowest BCUT2D eigenvalue weighted by atomic mass is 10.1. The van der Waals surface area contributed by atoms with Crippen LogP contribution in [0, 0.1) is 0 Å². The topological polar surface area (TPSA) is 40.5 Å². The number of aliphatic carboxylic acids is 1. The molecule has 0 radical (unpaired) electrons. The third-order valence-corrected chi connectivity index (χ3v) is 2.07. The normalized spacial score (nSPS) is 25.2. The predicted molar refractivity (Wildman–Crippen MR) is 47.3 cm³/mol. The summed E-state index contributed by atoms with van der Waals surface area (Å²) in [5.74, 6) is -0.950. The van der Waals surface area contributed by atoms with Crippen LogP contribution in [-0.2, 0) is 4.79 Å². The minimum Gasteiger partial charge on any atom is -0.478 e. The fraction of sp³-hybridized carbons (Fsp3) is 0.667. The molecule has 74 valence electrons. The third-order valence-electron chi connectivity index (χ3n) is 2.07. The fourth-order valence-electron chi connectivity index (χ4n) is 1.47. The van der Waals surface area contributed by atoms with E-state index in [1.165, 1.54) is 0 Å². The second-order valence-corrected chi connectivity index (χ2v) is 3.24. The molecule has 1 saturated heterocycles. The number of alkyl halides is 1. The van der Waals surface area contributed by atoms with Crippen LogP contribution >= 0.6 is 0 Å². The highest BCUT2D eigenvalue weighted by Crippen LogP contribution is 2.12. The number of carbonyl (C=O) groups is 1. The predicted octanol–water partition coefficient (Wildman–Crippen LogP) is 1.06. The summed E-state index contributed by atoms with van der Waals surface area (Å²) in [5, 5.41) is 8.32. The summed E-state index contributed by atoms with van der Waals surface area (Å²) in [6, 6.07) is 0. The Balaban J connectivity index is 2.24. The zero-order chi connectivity index (χ0) is 9.68. The lowest BCUT2D eigenvalue weighted by Gasteiger charge is -2.27. The van der Waals surface area contributed by atoms with E-state index in [1.807, 2.05) is 4.90 Å². The van der Waals surface area contributed by atoms with E-state index in [2.05, 4.69) is 0 Å². The van der Waals surface area contributed by atoms with Gasteiger partial charge in [0.25, 0.3) is 0 Å². The van der Waals surface area contributed by atoms with Crippen molar-refractivity contribution in [2.75, 3.05) is 19.6 Å². The molecule has 3 nitrogen and oxygen atoms in total. The second kappa shape index (κ2) is 4.97. The molecule has 0 unspecified atom stereocenters. The van der Waals surface area contributed by atoms with Crippen LogP contribution in [0.1, 0.15) is 12.8 Å². The molecule has 0 amide bonds. The smallest absolute Gasteiger partial charge is 0.328 e. The number of hydrogen-bond acceptors (Lipinski definition) is 2. The molecular formula is C9H14FNO2. The van der Waals surface area contributed by atoms with Crippen LogP contribution in [0.2, 0.25) is 0 Å². The molecular weight excluding hydrogens is 173 g/mol. The van der Waals surface area contributed by atoms with Gasteiger partial charge in [-0.2, -0.15) is 0 Å². The van der Waals surface area contributed by atoms with Gasteiger partial charge in [-0.15, -0.1) is 0 Å². The minimum absolute atomic E-state index is 0.434. The van der Waals surface area contributed by atoms with Gasteiger partial charge in [-0.25, -0.2) is 9.18 Å². The van der Waals surface area contributed by atoms with Crippen molar-refractivity contribution in [3.8, 4) is 0 Å². The standard InChI is InChI=1S/C9H14FNO2/c10-8-3-1-5-11(7-8)6-2-4-9(12)13/h2,4,8H,1,3,5-7H2,(H,12,13)/b4-2+/t8-/m0/s1. The number of hydrogen-bond donors (Lipinski definition) is 1. The van der Waals surface area contributed by atoms with Gasteiger partial charge >= 0.3 is 5.97 Å². The lowest BCUT2D eigenvalue weighted by Crippen LogP contribution is -2.36. The van der Waals surface area contributed by atoms with Crippen LogP contribution in [0.4, 0.5) is 4.39 Å². The van der Waals surface area contributed by atoms with Crippen molar-refractivity contribution in [3.05, 3.63) is 12.2 Å². The van der Waals surface area contributed by atoms with Crippen LogP contribution in [0.3, 0.4) is 0 Å². The number of rotatable bonds is 3. The van der Waals surface area contributed by atoms with Crippen LogP contribution in [-0.4, -0.2) is 41.8 Å². The Bertz CT molecular complexity index is 206.